The quantitative estimate of drug-likeness (QED) is 0.453. The van der Waals surface area contributed by atoms with Gasteiger partial charge in [0.15, 0.2) is 11.4 Å². The van der Waals surface area contributed by atoms with Crippen molar-refractivity contribution in [2.75, 3.05) is 31.6 Å². The van der Waals surface area contributed by atoms with Crippen LogP contribution < -0.4 is 14.9 Å². The number of carbonyl (C=O) groups is 3. The number of anilines is 1. The summed E-state index contributed by atoms with van der Waals surface area (Å²) in [7, 11) is 0. The van der Waals surface area contributed by atoms with E-state index in [1.165, 1.54) is 11.3 Å². The molecule has 9 nitrogen and oxygen atoms in total. The molecular formula is C27H28N4O5S. The van der Waals surface area contributed by atoms with E-state index in [2.05, 4.69) is 9.88 Å². The third-order valence-corrected chi connectivity index (χ3v) is 7.15. The Kier molecular flexibility index (Phi) is 7.36. The fourth-order valence-electron chi connectivity index (χ4n) is 4.46. The van der Waals surface area contributed by atoms with Gasteiger partial charge in [0.2, 0.25) is 5.91 Å². The standard InChI is InChI=1S/C27H28N4O5S/c1-2-35-26(34)18-6-9-20(10-7-18)28-27-31(14-4-13-30-12-3-5-25(30)33)22(17-37-27)19-8-11-23-21(15-19)29-24(32)16-36-23/h6-11,15,17H,2-5,12-14,16H2,1H3,(H,29,32). The summed E-state index contributed by atoms with van der Waals surface area (Å²) in [5, 5.41) is 4.91. The molecule has 0 saturated carbocycles. The first-order valence-electron chi connectivity index (χ1n) is 12.4. The number of likely N-dealkylation sites (tertiary alicyclic amines) is 1. The smallest absolute Gasteiger partial charge is 0.338 e. The molecule has 1 N–H and O–H groups in total. The average Bonchev–Trinajstić information content (AvgIpc) is 3.50. The summed E-state index contributed by atoms with van der Waals surface area (Å²) in [5.41, 5.74) is 3.73. The van der Waals surface area contributed by atoms with E-state index >= 15 is 0 Å². The second kappa shape index (κ2) is 11.0. The molecular weight excluding hydrogens is 492 g/mol. The van der Waals surface area contributed by atoms with Crippen LogP contribution in [-0.4, -0.2) is 53.6 Å². The molecule has 2 aromatic carbocycles. The summed E-state index contributed by atoms with van der Waals surface area (Å²) in [4.78, 5) is 43.4. The molecule has 2 aliphatic heterocycles. The molecule has 5 rings (SSSR count). The highest BCUT2D eigenvalue weighted by atomic mass is 32.1. The van der Waals surface area contributed by atoms with E-state index in [4.69, 9.17) is 14.5 Å². The van der Waals surface area contributed by atoms with Crippen molar-refractivity contribution in [2.45, 2.75) is 32.7 Å². The summed E-state index contributed by atoms with van der Waals surface area (Å²) in [5.74, 6) is 0.319. The average molecular weight is 521 g/mol. The molecule has 3 aromatic rings. The van der Waals surface area contributed by atoms with Gasteiger partial charge in [-0.3, -0.25) is 9.59 Å². The fourth-order valence-corrected chi connectivity index (χ4v) is 5.42. The number of hydrogen-bond acceptors (Lipinski definition) is 7. The highest BCUT2D eigenvalue weighted by Crippen LogP contribution is 2.33. The van der Waals surface area contributed by atoms with E-state index in [9.17, 15) is 14.4 Å². The SMILES string of the molecule is CCOC(=O)c1ccc(N=c2scc(-c3ccc4c(c3)NC(=O)CO4)n2CCCN2CCCC2=O)cc1. The maximum Gasteiger partial charge on any atom is 0.338 e. The third kappa shape index (κ3) is 5.59. The first kappa shape index (κ1) is 24.8. The second-order valence-corrected chi connectivity index (χ2v) is 9.66. The van der Waals surface area contributed by atoms with Crippen molar-refractivity contribution in [2.24, 2.45) is 4.99 Å². The predicted octanol–water partition coefficient (Wildman–Crippen LogP) is 3.97. The molecule has 0 spiro atoms. The van der Waals surface area contributed by atoms with Crippen LogP contribution in [0.15, 0.2) is 52.8 Å². The van der Waals surface area contributed by atoms with Crippen molar-refractivity contribution in [1.29, 1.82) is 0 Å². The molecule has 1 fully saturated rings. The topological polar surface area (TPSA) is 102 Å². The molecule has 0 aliphatic carbocycles. The number of hydrogen-bond donors (Lipinski definition) is 1. The van der Waals surface area contributed by atoms with Crippen LogP contribution >= 0.6 is 11.3 Å². The molecule has 2 aliphatic rings. The van der Waals surface area contributed by atoms with Crippen LogP contribution in [0.3, 0.4) is 0 Å². The van der Waals surface area contributed by atoms with Gasteiger partial charge in [0.1, 0.15) is 5.75 Å². The molecule has 0 bridgehead atoms. The molecule has 10 heteroatoms. The Balaban J connectivity index is 1.46. The minimum atomic E-state index is -0.359. The lowest BCUT2D eigenvalue weighted by atomic mass is 10.1. The van der Waals surface area contributed by atoms with Crippen LogP contribution in [0.5, 0.6) is 5.75 Å². The molecule has 0 atom stereocenters. The minimum absolute atomic E-state index is 0.0119. The van der Waals surface area contributed by atoms with E-state index in [1.54, 1.807) is 31.2 Å². The lowest BCUT2D eigenvalue weighted by molar-refractivity contribution is -0.127. The zero-order chi connectivity index (χ0) is 25.8. The molecule has 192 valence electrons. The summed E-state index contributed by atoms with van der Waals surface area (Å²) in [6, 6.07) is 12.8. The number of fused-ring (bicyclic) bond motifs is 1. The Morgan fingerprint density at radius 3 is 2.76 bits per heavy atom. The largest absolute Gasteiger partial charge is 0.482 e. The maximum absolute atomic E-state index is 12.1. The van der Waals surface area contributed by atoms with Gasteiger partial charge in [-0.2, -0.15) is 0 Å². The van der Waals surface area contributed by atoms with Gasteiger partial charge < -0.3 is 24.3 Å². The Morgan fingerprint density at radius 2 is 2.00 bits per heavy atom. The molecule has 2 amide bonds. The van der Waals surface area contributed by atoms with Crippen molar-refractivity contribution in [3.63, 3.8) is 0 Å². The third-order valence-electron chi connectivity index (χ3n) is 6.29. The monoisotopic (exact) mass is 520 g/mol. The number of amides is 2. The summed E-state index contributed by atoms with van der Waals surface area (Å²) >= 11 is 1.51. The number of benzene rings is 2. The van der Waals surface area contributed by atoms with Crippen LogP contribution in [0.25, 0.3) is 11.3 Å². The number of ether oxygens (including phenoxy) is 2. The number of aromatic nitrogens is 1. The first-order valence-corrected chi connectivity index (χ1v) is 13.2. The van der Waals surface area contributed by atoms with Gasteiger partial charge in [-0.1, -0.05) is 0 Å². The Bertz CT molecular complexity index is 1390. The number of nitrogens with one attached hydrogen (secondary N) is 1. The van der Waals surface area contributed by atoms with Gasteiger partial charge in [-0.15, -0.1) is 11.3 Å². The number of rotatable bonds is 8. The fraction of sp³-hybridized carbons (Fsp3) is 0.333. The first-order chi connectivity index (χ1) is 18.0. The number of carbonyl (C=O) groups excluding carboxylic acids is 3. The molecule has 1 aromatic heterocycles. The molecule has 0 unspecified atom stereocenters. The van der Waals surface area contributed by atoms with Gasteiger partial charge in [0.25, 0.3) is 5.91 Å². The maximum atomic E-state index is 12.1. The zero-order valence-corrected chi connectivity index (χ0v) is 21.4. The van der Waals surface area contributed by atoms with E-state index in [0.717, 1.165) is 41.1 Å². The van der Waals surface area contributed by atoms with Gasteiger partial charge in [-0.25, -0.2) is 9.79 Å². The number of nitrogens with zero attached hydrogens (tertiary/aromatic N) is 3. The summed E-state index contributed by atoms with van der Waals surface area (Å²) in [6.45, 7) is 4.29. The Labute approximate surface area is 218 Å². The molecule has 1 saturated heterocycles. The highest BCUT2D eigenvalue weighted by molar-refractivity contribution is 7.07. The van der Waals surface area contributed by atoms with Crippen LogP contribution in [-0.2, 0) is 20.9 Å². The lowest BCUT2D eigenvalue weighted by Gasteiger charge is -2.19. The van der Waals surface area contributed by atoms with Crippen molar-refractivity contribution in [3.05, 3.63) is 58.2 Å². The van der Waals surface area contributed by atoms with E-state index in [1.807, 2.05) is 28.5 Å². The summed E-state index contributed by atoms with van der Waals surface area (Å²) in [6.07, 6.45) is 2.33. The number of esters is 1. The molecule has 3 heterocycles. The zero-order valence-electron chi connectivity index (χ0n) is 20.6. The van der Waals surface area contributed by atoms with E-state index < -0.39 is 0 Å². The lowest BCUT2D eigenvalue weighted by Crippen LogP contribution is -2.27. The van der Waals surface area contributed by atoms with Gasteiger partial charge >= 0.3 is 5.97 Å². The van der Waals surface area contributed by atoms with Gasteiger partial charge in [0.05, 0.1) is 29.2 Å². The van der Waals surface area contributed by atoms with Crippen molar-refractivity contribution >= 4 is 40.5 Å². The predicted molar refractivity (Wildman–Crippen MR) is 140 cm³/mol. The van der Waals surface area contributed by atoms with Crippen LogP contribution in [0.1, 0.15) is 36.5 Å². The normalized spacial score (nSPS) is 15.4. The van der Waals surface area contributed by atoms with Crippen molar-refractivity contribution in [3.8, 4) is 17.0 Å². The molecule has 37 heavy (non-hydrogen) atoms. The van der Waals surface area contributed by atoms with E-state index in [0.29, 0.717) is 43.1 Å². The van der Waals surface area contributed by atoms with Crippen LogP contribution in [0, 0.1) is 0 Å². The Hall–Kier alpha value is -3.92. The van der Waals surface area contributed by atoms with Crippen LogP contribution in [0.4, 0.5) is 11.4 Å². The van der Waals surface area contributed by atoms with Gasteiger partial charge in [-0.05, 0) is 62.2 Å². The van der Waals surface area contributed by atoms with Crippen LogP contribution in [0.2, 0.25) is 0 Å². The Morgan fingerprint density at radius 1 is 1.16 bits per heavy atom. The van der Waals surface area contributed by atoms with Gasteiger partial charge in [0, 0.05) is 37.0 Å². The molecule has 0 radical (unpaired) electrons. The van der Waals surface area contributed by atoms with E-state index in [-0.39, 0.29) is 24.4 Å². The van der Waals surface area contributed by atoms with Crippen molar-refractivity contribution < 1.29 is 23.9 Å². The second-order valence-electron chi connectivity index (χ2n) is 8.82. The highest BCUT2D eigenvalue weighted by Gasteiger charge is 2.20. The minimum Gasteiger partial charge on any atom is -0.482 e. The summed E-state index contributed by atoms with van der Waals surface area (Å²) < 4.78 is 12.7. The van der Waals surface area contributed by atoms with Crippen molar-refractivity contribution in [1.82, 2.24) is 9.47 Å². The number of thiazole rings is 1.